The highest BCUT2D eigenvalue weighted by Crippen LogP contribution is 2.25. The molecule has 0 nitrogen and oxygen atoms in total. The lowest BCUT2D eigenvalue weighted by Gasteiger charge is -2.15. The van der Waals surface area contributed by atoms with Crippen LogP contribution >= 0.6 is 12.6 Å². The third-order valence-electron chi connectivity index (χ3n) is 3.23. The van der Waals surface area contributed by atoms with Gasteiger partial charge in [0, 0.05) is 5.25 Å². The minimum absolute atomic E-state index is 0.636. The van der Waals surface area contributed by atoms with E-state index in [4.69, 9.17) is 0 Å². The van der Waals surface area contributed by atoms with Gasteiger partial charge in [0.05, 0.1) is 0 Å². The molecule has 0 saturated heterocycles. The number of thiol groups is 1. The van der Waals surface area contributed by atoms with E-state index >= 15 is 0 Å². The molecule has 1 aliphatic rings. The highest BCUT2D eigenvalue weighted by molar-refractivity contribution is 7.80. The summed E-state index contributed by atoms with van der Waals surface area (Å²) in [7, 11) is 0. The summed E-state index contributed by atoms with van der Waals surface area (Å²) in [5.74, 6) is 0.826. The van der Waals surface area contributed by atoms with Crippen molar-refractivity contribution in [3.05, 3.63) is 12.2 Å². The second kappa shape index (κ2) is 6.55. The van der Waals surface area contributed by atoms with Gasteiger partial charge in [-0.05, 0) is 44.4 Å². The van der Waals surface area contributed by atoms with Crippen molar-refractivity contribution in [2.45, 2.75) is 63.5 Å². The summed E-state index contributed by atoms with van der Waals surface area (Å²) in [6.45, 7) is 6.51. The predicted molar refractivity (Wildman–Crippen MR) is 68.0 cm³/mol. The predicted octanol–water partition coefficient (Wildman–Crippen LogP) is 4.61. The van der Waals surface area contributed by atoms with Crippen LogP contribution in [-0.2, 0) is 0 Å². The summed E-state index contributed by atoms with van der Waals surface area (Å²) in [5.41, 5.74) is 1.47. The van der Waals surface area contributed by atoms with Gasteiger partial charge in [-0.3, -0.25) is 0 Å². The fourth-order valence-corrected chi connectivity index (χ4v) is 2.75. The van der Waals surface area contributed by atoms with Crippen LogP contribution < -0.4 is 0 Å². The van der Waals surface area contributed by atoms with Crippen molar-refractivity contribution in [1.29, 1.82) is 0 Å². The quantitative estimate of drug-likeness (QED) is 0.440. The summed E-state index contributed by atoms with van der Waals surface area (Å²) in [4.78, 5) is 0. The Hall–Kier alpha value is 0.0900. The molecule has 0 aromatic rings. The zero-order valence-electron chi connectivity index (χ0n) is 9.47. The van der Waals surface area contributed by atoms with Crippen molar-refractivity contribution >= 4 is 12.6 Å². The average molecular weight is 212 g/mol. The Kier molecular flexibility index (Phi) is 5.69. The maximum absolute atomic E-state index is 4.66. The maximum atomic E-state index is 4.66. The molecule has 1 heteroatoms. The van der Waals surface area contributed by atoms with E-state index in [1.165, 1.54) is 56.9 Å². The molecule has 1 fully saturated rings. The molecule has 1 saturated carbocycles. The fraction of sp³-hybridized carbons (Fsp3) is 0.846. The molecule has 1 rings (SSSR count). The molecule has 0 bridgehead atoms. The van der Waals surface area contributed by atoms with E-state index in [9.17, 15) is 0 Å². The summed E-state index contributed by atoms with van der Waals surface area (Å²) < 4.78 is 0. The molecule has 0 amide bonds. The second-order valence-electron chi connectivity index (χ2n) is 4.88. The van der Waals surface area contributed by atoms with Crippen LogP contribution in [0.4, 0.5) is 0 Å². The molecule has 0 aromatic carbocycles. The molecule has 82 valence electrons. The normalized spacial score (nSPS) is 32.3. The number of allylic oxidation sites excluding steroid dienone is 1. The van der Waals surface area contributed by atoms with Gasteiger partial charge in [0.2, 0.25) is 0 Å². The molecule has 0 N–H and O–H groups in total. The van der Waals surface area contributed by atoms with E-state index in [-0.39, 0.29) is 0 Å². The Morgan fingerprint density at radius 3 is 2.71 bits per heavy atom. The Bertz CT molecular complexity index is 174. The van der Waals surface area contributed by atoms with Crippen molar-refractivity contribution in [2.24, 2.45) is 5.92 Å². The van der Waals surface area contributed by atoms with E-state index in [2.05, 4.69) is 26.1 Å². The Balaban J connectivity index is 2.38. The first-order valence-corrected chi connectivity index (χ1v) is 6.55. The van der Waals surface area contributed by atoms with Crippen LogP contribution in [0.25, 0.3) is 0 Å². The first kappa shape index (κ1) is 12.2. The molecule has 1 unspecified atom stereocenters. The molecular formula is C13H24S. The van der Waals surface area contributed by atoms with Gasteiger partial charge in [-0.25, -0.2) is 0 Å². The summed E-state index contributed by atoms with van der Waals surface area (Å²) in [5, 5.41) is 0.636. The Labute approximate surface area is 94.6 Å². The third-order valence-corrected chi connectivity index (χ3v) is 3.70. The molecule has 14 heavy (non-hydrogen) atoms. The van der Waals surface area contributed by atoms with Gasteiger partial charge in [-0.2, -0.15) is 12.6 Å². The zero-order chi connectivity index (χ0) is 10.4. The van der Waals surface area contributed by atoms with Crippen molar-refractivity contribution in [3.8, 4) is 0 Å². The van der Waals surface area contributed by atoms with Crippen molar-refractivity contribution in [1.82, 2.24) is 0 Å². The maximum Gasteiger partial charge on any atom is 0.00193 e. The summed E-state index contributed by atoms with van der Waals surface area (Å²) in [6, 6.07) is 0. The monoisotopic (exact) mass is 212 g/mol. The topological polar surface area (TPSA) is 0 Å². The van der Waals surface area contributed by atoms with Crippen molar-refractivity contribution < 1.29 is 0 Å². The van der Waals surface area contributed by atoms with Crippen LogP contribution in [0.2, 0.25) is 0 Å². The molecular weight excluding hydrogens is 188 g/mol. The molecule has 1 aliphatic carbocycles. The Morgan fingerprint density at radius 2 is 1.93 bits per heavy atom. The SMILES string of the molecule is C=C1CCCCC[C@@H](S)CC(C)CC1. The minimum Gasteiger partial charge on any atom is -0.176 e. The van der Waals surface area contributed by atoms with Gasteiger partial charge >= 0.3 is 0 Å². The summed E-state index contributed by atoms with van der Waals surface area (Å²) >= 11 is 4.66. The average Bonchev–Trinajstić information content (AvgIpc) is 2.15. The van der Waals surface area contributed by atoms with Gasteiger partial charge in [0.15, 0.2) is 0 Å². The smallest absolute Gasteiger partial charge is 0.00193 e. The number of hydrogen-bond acceptors (Lipinski definition) is 1. The van der Waals surface area contributed by atoms with Gasteiger partial charge in [0.25, 0.3) is 0 Å². The van der Waals surface area contributed by atoms with E-state index in [1.807, 2.05) is 0 Å². The first-order valence-electron chi connectivity index (χ1n) is 6.03. The van der Waals surface area contributed by atoms with Crippen molar-refractivity contribution in [2.75, 3.05) is 0 Å². The highest BCUT2D eigenvalue weighted by atomic mass is 32.1. The van der Waals surface area contributed by atoms with Gasteiger partial charge in [-0.1, -0.05) is 31.9 Å². The van der Waals surface area contributed by atoms with Crippen LogP contribution in [0.3, 0.4) is 0 Å². The Morgan fingerprint density at radius 1 is 1.14 bits per heavy atom. The number of hydrogen-bond donors (Lipinski definition) is 1. The van der Waals surface area contributed by atoms with Crippen LogP contribution in [0.15, 0.2) is 12.2 Å². The van der Waals surface area contributed by atoms with E-state index in [0.29, 0.717) is 5.25 Å². The summed E-state index contributed by atoms with van der Waals surface area (Å²) in [6.07, 6.45) is 10.5. The van der Waals surface area contributed by atoms with Crippen LogP contribution in [0.1, 0.15) is 58.3 Å². The number of rotatable bonds is 0. The standard InChI is InChI=1S/C13H24S/c1-11-6-4-3-5-7-13(14)10-12(2)9-8-11/h12-14H,1,3-10H2,2H3/t12?,13-/m1/s1. The molecule has 0 aromatic heterocycles. The van der Waals surface area contributed by atoms with Gasteiger partial charge < -0.3 is 0 Å². The lowest BCUT2D eigenvalue weighted by atomic mass is 9.96. The molecule has 0 heterocycles. The molecule has 2 atom stereocenters. The third kappa shape index (κ3) is 5.09. The molecule has 0 spiro atoms. The molecule has 0 aliphatic heterocycles. The van der Waals surface area contributed by atoms with Crippen LogP contribution in [0.5, 0.6) is 0 Å². The van der Waals surface area contributed by atoms with Gasteiger partial charge in [0.1, 0.15) is 0 Å². The van der Waals surface area contributed by atoms with E-state index < -0.39 is 0 Å². The lowest BCUT2D eigenvalue weighted by Crippen LogP contribution is -2.06. The zero-order valence-corrected chi connectivity index (χ0v) is 10.4. The fourth-order valence-electron chi connectivity index (χ4n) is 2.21. The minimum atomic E-state index is 0.636. The van der Waals surface area contributed by atoms with Gasteiger partial charge in [-0.15, -0.1) is 0 Å². The molecule has 0 radical (unpaired) electrons. The first-order chi connectivity index (χ1) is 6.68. The van der Waals surface area contributed by atoms with E-state index in [1.54, 1.807) is 0 Å². The van der Waals surface area contributed by atoms with Crippen LogP contribution in [0, 0.1) is 5.92 Å². The highest BCUT2D eigenvalue weighted by Gasteiger charge is 2.11. The lowest BCUT2D eigenvalue weighted by molar-refractivity contribution is 0.472. The second-order valence-corrected chi connectivity index (χ2v) is 5.61. The van der Waals surface area contributed by atoms with Crippen LogP contribution in [-0.4, -0.2) is 5.25 Å². The van der Waals surface area contributed by atoms with E-state index in [0.717, 1.165) is 5.92 Å². The largest absolute Gasteiger partial charge is 0.176 e. The van der Waals surface area contributed by atoms with Crippen molar-refractivity contribution in [3.63, 3.8) is 0 Å².